The van der Waals surface area contributed by atoms with Crippen LogP contribution in [-0.4, -0.2) is 56.5 Å². The van der Waals surface area contributed by atoms with Crippen LogP contribution < -0.4 is 10.5 Å². The summed E-state index contributed by atoms with van der Waals surface area (Å²) in [4.78, 5) is 14.5. The minimum Gasteiger partial charge on any atom is -0.494 e. The maximum Gasteiger partial charge on any atom is 0.266 e. The second kappa shape index (κ2) is 6.42. The van der Waals surface area contributed by atoms with Crippen LogP contribution in [0.4, 0.5) is 0 Å². The summed E-state index contributed by atoms with van der Waals surface area (Å²) in [6.45, 7) is 3.39. The molecular weight excluding hydrogens is 334 g/mol. The average molecular weight is 353 g/mol. The highest BCUT2D eigenvalue weighted by atomic mass is 32.2. The van der Waals surface area contributed by atoms with E-state index in [0.29, 0.717) is 36.5 Å². The van der Waals surface area contributed by atoms with Gasteiger partial charge in [0.25, 0.3) is 5.91 Å². The number of hydrogen-bond acceptors (Lipinski definition) is 5. The van der Waals surface area contributed by atoms with Crippen molar-refractivity contribution < 1.29 is 22.7 Å². The van der Waals surface area contributed by atoms with E-state index in [9.17, 15) is 13.2 Å². The summed E-state index contributed by atoms with van der Waals surface area (Å²) in [7, 11) is -3.89. The molecule has 3 N–H and O–H groups in total. The molecule has 1 aliphatic heterocycles. The topological polar surface area (TPSA) is 115 Å². The number of H-pyrrole nitrogens is 1. The molecule has 1 aromatic heterocycles. The lowest BCUT2D eigenvalue weighted by Crippen LogP contribution is -2.41. The molecule has 8 nitrogen and oxygen atoms in total. The van der Waals surface area contributed by atoms with Crippen molar-refractivity contribution in [2.75, 3.05) is 32.9 Å². The van der Waals surface area contributed by atoms with Gasteiger partial charge in [0.05, 0.1) is 19.8 Å². The fourth-order valence-corrected chi connectivity index (χ4v) is 4.50. The van der Waals surface area contributed by atoms with E-state index in [1.807, 2.05) is 6.92 Å². The largest absolute Gasteiger partial charge is 0.494 e. The number of fused-ring (bicyclic) bond motifs is 1. The predicted molar refractivity (Wildman–Crippen MR) is 87.6 cm³/mol. The van der Waals surface area contributed by atoms with Gasteiger partial charge in [-0.3, -0.25) is 4.79 Å². The highest BCUT2D eigenvalue weighted by Gasteiger charge is 2.33. The average Bonchev–Trinajstić information content (AvgIpc) is 2.96. The maximum atomic E-state index is 13.1. The molecule has 1 saturated heterocycles. The van der Waals surface area contributed by atoms with E-state index in [0.717, 1.165) is 0 Å². The highest BCUT2D eigenvalue weighted by molar-refractivity contribution is 7.89. The molecule has 1 amide bonds. The zero-order chi connectivity index (χ0) is 17.3. The van der Waals surface area contributed by atoms with Gasteiger partial charge in [0.2, 0.25) is 10.0 Å². The van der Waals surface area contributed by atoms with Crippen LogP contribution in [0.15, 0.2) is 23.1 Å². The molecular formula is C15H19N3O5S. The molecule has 0 radical (unpaired) electrons. The first-order valence-electron chi connectivity index (χ1n) is 7.61. The third kappa shape index (κ3) is 2.85. The predicted octanol–water partition coefficient (Wildman–Crippen LogP) is 0.686. The number of rotatable bonds is 5. The van der Waals surface area contributed by atoms with Crippen molar-refractivity contribution >= 4 is 26.8 Å². The molecule has 3 rings (SSSR count). The number of benzene rings is 1. The number of ether oxygens (including phenoxy) is 2. The first kappa shape index (κ1) is 16.7. The Bertz CT molecular complexity index is 869. The quantitative estimate of drug-likeness (QED) is 0.820. The van der Waals surface area contributed by atoms with Crippen molar-refractivity contribution in [2.45, 2.75) is 11.8 Å². The normalized spacial score (nSPS) is 16.4. The Morgan fingerprint density at radius 2 is 2.08 bits per heavy atom. The Kier molecular flexibility index (Phi) is 4.48. The molecule has 0 aliphatic carbocycles. The summed E-state index contributed by atoms with van der Waals surface area (Å²) in [5.41, 5.74) is 5.79. The van der Waals surface area contributed by atoms with Crippen LogP contribution in [0.3, 0.4) is 0 Å². The van der Waals surface area contributed by atoms with E-state index < -0.39 is 15.9 Å². The SMILES string of the molecule is CCOc1ccc2[nH]c(C(N)=O)c(S(=O)(=O)N3CCOCC3)c2c1. The van der Waals surface area contributed by atoms with Crippen molar-refractivity contribution in [3.8, 4) is 5.75 Å². The van der Waals surface area contributed by atoms with Gasteiger partial charge in [0, 0.05) is 24.0 Å². The smallest absolute Gasteiger partial charge is 0.266 e. The van der Waals surface area contributed by atoms with Crippen molar-refractivity contribution in [3.63, 3.8) is 0 Å². The van der Waals surface area contributed by atoms with Crippen molar-refractivity contribution in [1.29, 1.82) is 0 Å². The van der Waals surface area contributed by atoms with Crippen LogP contribution in [0.2, 0.25) is 0 Å². The number of nitrogens with one attached hydrogen (secondary N) is 1. The van der Waals surface area contributed by atoms with E-state index >= 15 is 0 Å². The Hall–Kier alpha value is -2.10. The molecule has 2 heterocycles. The summed E-state index contributed by atoms with van der Waals surface area (Å²) in [6.07, 6.45) is 0. The zero-order valence-electron chi connectivity index (χ0n) is 13.2. The number of aromatic amines is 1. The second-order valence-corrected chi connectivity index (χ2v) is 7.23. The van der Waals surface area contributed by atoms with Gasteiger partial charge >= 0.3 is 0 Å². The van der Waals surface area contributed by atoms with Gasteiger partial charge in [-0.15, -0.1) is 0 Å². The van der Waals surface area contributed by atoms with E-state index in [-0.39, 0.29) is 23.7 Å². The lowest BCUT2D eigenvalue weighted by Gasteiger charge is -2.26. The Balaban J connectivity index is 2.21. The lowest BCUT2D eigenvalue weighted by atomic mass is 10.2. The number of amides is 1. The molecule has 24 heavy (non-hydrogen) atoms. The lowest BCUT2D eigenvalue weighted by molar-refractivity contribution is 0.0730. The summed E-state index contributed by atoms with van der Waals surface area (Å²) in [6, 6.07) is 4.98. The van der Waals surface area contributed by atoms with Crippen LogP contribution >= 0.6 is 0 Å². The van der Waals surface area contributed by atoms with Crippen molar-refractivity contribution in [3.05, 3.63) is 23.9 Å². The fourth-order valence-electron chi connectivity index (χ4n) is 2.76. The number of morpholine rings is 1. The van der Waals surface area contributed by atoms with Crippen LogP contribution in [0.1, 0.15) is 17.4 Å². The summed E-state index contributed by atoms with van der Waals surface area (Å²) >= 11 is 0. The number of aromatic nitrogens is 1. The summed E-state index contributed by atoms with van der Waals surface area (Å²) in [5, 5.41) is 0.390. The van der Waals surface area contributed by atoms with Gasteiger partial charge in [-0.1, -0.05) is 0 Å². The molecule has 0 bridgehead atoms. The van der Waals surface area contributed by atoms with E-state index in [4.69, 9.17) is 15.2 Å². The first-order chi connectivity index (χ1) is 11.4. The van der Waals surface area contributed by atoms with Crippen LogP contribution in [0.5, 0.6) is 5.75 Å². The standard InChI is InChI=1S/C15H19N3O5S/c1-2-23-10-3-4-12-11(9-10)14(13(17-12)15(16)19)24(20,21)18-5-7-22-8-6-18/h3-4,9,17H,2,5-8H2,1H3,(H2,16,19). The third-order valence-corrected chi connectivity index (χ3v) is 5.83. The van der Waals surface area contributed by atoms with E-state index in [1.54, 1.807) is 18.2 Å². The van der Waals surface area contributed by atoms with Gasteiger partial charge < -0.3 is 20.2 Å². The molecule has 1 fully saturated rings. The Morgan fingerprint density at radius 3 is 2.71 bits per heavy atom. The number of hydrogen-bond donors (Lipinski definition) is 2. The molecule has 0 atom stereocenters. The highest BCUT2D eigenvalue weighted by Crippen LogP contribution is 2.32. The van der Waals surface area contributed by atoms with Gasteiger partial charge in [-0.25, -0.2) is 8.42 Å². The van der Waals surface area contributed by atoms with Gasteiger partial charge in [0.15, 0.2) is 0 Å². The zero-order valence-corrected chi connectivity index (χ0v) is 14.1. The molecule has 0 spiro atoms. The number of primary amides is 1. The molecule has 0 unspecified atom stereocenters. The summed E-state index contributed by atoms with van der Waals surface area (Å²) in [5.74, 6) is -0.297. The number of carbonyl (C=O) groups is 1. The third-order valence-electron chi connectivity index (χ3n) is 3.85. The van der Waals surface area contributed by atoms with Crippen LogP contribution in [-0.2, 0) is 14.8 Å². The maximum absolute atomic E-state index is 13.1. The van der Waals surface area contributed by atoms with Gasteiger partial charge in [-0.2, -0.15) is 4.31 Å². The van der Waals surface area contributed by atoms with Crippen LogP contribution in [0.25, 0.3) is 10.9 Å². The number of carbonyl (C=O) groups excluding carboxylic acids is 1. The van der Waals surface area contributed by atoms with E-state index in [1.165, 1.54) is 4.31 Å². The van der Waals surface area contributed by atoms with Crippen LogP contribution in [0, 0.1) is 0 Å². The fraction of sp³-hybridized carbons (Fsp3) is 0.400. The first-order valence-corrected chi connectivity index (χ1v) is 9.05. The number of nitrogens with zero attached hydrogens (tertiary/aromatic N) is 1. The molecule has 9 heteroatoms. The number of nitrogens with two attached hydrogens (primary N) is 1. The molecule has 1 aromatic carbocycles. The monoisotopic (exact) mass is 353 g/mol. The second-order valence-electron chi connectivity index (χ2n) is 5.35. The minimum absolute atomic E-state index is 0.103. The van der Waals surface area contributed by atoms with Crippen molar-refractivity contribution in [1.82, 2.24) is 9.29 Å². The Labute approximate surface area is 139 Å². The molecule has 2 aromatic rings. The van der Waals surface area contributed by atoms with Crippen molar-refractivity contribution in [2.24, 2.45) is 5.73 Å². The molecule has 1 aliphatic rings. The molecule has 130 valence electrons. The Morgan fingerprint density at radius 1 is 1.38 bits per heavy atom. The number of sulfonamides is 1. The van der Waals surface area contributed by atoms with Gasteiger partial charge in [0.1, 0.15) is 16.3 Å². The van der Waals surface area contributed by atoms with E-state index in [2.05, 4.69) is 4.98 Å². The minimum atomic E-state index is -3.89. The summed E-state index contributed by atoms with van der Waals surface area (Å²) < 4.78 is 38.1. The molecule has 0 saturated carbocycles. The van der Waals surface area contributed by atoms with Gasteiger partial charge in [-0.05, 0) is 25.1 Å².